The van der Waals surface area contributed by atoms with Crippen molar-refractivity contribution in [3.05, 3.63) is 105 Å². The Hall–Kier alpha value is -3.08. The van der Waals surface area contributed by atoms with Gasteiger partial charge in [-0.05, 0) is 47.7 Å². The smallest absolute Gasteiger partial charge is 0.232 e. The molecule has 0 bridgehead atoms. The van der Waals surface area contributed by atoms with E-state index in [1.807, 2.05) is 54.6 Å². The number of rotatable bonds is 4. The molecular weight excluding hydrogens is 469 g/mol. The minimum Gasteiger partial charge on any atom is -0.497 e. The van der Waals surface area contributed by atoms with Gasteiger partial charge in [0.05, 0.1) is 12.8 Å². The van der Waals surface area contributed by atoms with Crippen molar-refractivity contribution in [2.24, 2.45) is 0 Å². The van der Waals surface area contributed by atoms with Gasteiger partial charge in [-0.1, -0.05) is 65.7 Å². The third kappa shape index (κ3) is 4.02. The van der Waals surface area contributed by atoms with Gasteiger partial charge in [0.2, 0.25) is 5.91 Å². The lowest BCUT2D eigenvalue weighted by atomic mass is 9.72. The van der Waals surface area contributed by atoms with Gasteiger partial charge in [0, 0.05) is 46.1 Å². The molecule has 3 aromatic rings. The molecule has 6 heteroatoms. The van der Waals surface area contributed by atoms with E-state index in [-0.39, 0.29) is 24.0 Å². The van der Waals surface area contributed by atoms with Crippen molar-refractivity contribution < 1.29 is 14.3 Å². The fourth-order valence-electron chi connectivity index (χ4n) is 5.14. The van der Waals surface area contributed by atoms with Crippen LogP contribution in [-0.2, 0) is 9.59 Å². The lowest BCUT2D eigenvalue weighted by Crippen LogP contribution is -2.42. The van der Waals surface area contributed by atoms with Crippen molar-refractivity contribution in [3.8, 4) is 5.75 Å². The number of amides is 1. The van der Waals surface area contributed by atoms with Crippen LogP contribution in [0.5, 0.6) is 5.75 Å². The number of ketones is 1. The van der Waals surface area contributed by atoms with Crippen LogP contribution in [0.25, 0.3) is 0 Å². The number of allylic oxidation sites excluding steroid dienone is 2. The van der Waals surface area contributed by atoms with Gasteiger partial charge in [-0.15, -0.1) is 0 Å². The van der Waals surface area contributed by atoms with E-state index >= 15 is 0 Å². The molecule has 0 saturated carbocycles. The van der Waals surface area contributed by atoms with Crippen molar-refractivity contribution >= 4 is 40.6 Å². The lowest BCUT2D eigenvalue weighted by Gasteiger charge is -2.41. The molecule has 2 atom stereocenters. The Morgan fingerprint density at radius 2 is 1.56 bits per heavy atom. The molecular formula is C28H23Cl2NO3. The maximum atomic E-state index is 13.7. The fraction of sp³-hybridized carbons (Fsp3) is 0.214. The van der Waals surface area contributed by atoms with E-state index in [0.29, 0.717) is 45.5 Å². The number of methoxy groups -OCH3 is 1. The van der Waals surface area contributed by atoms with Gasteiger partial charge in [0.15, 0.2) is 5.78 Å². The number of hydrogen-bond donors (Lipinski definition) is 0. The van der Waals surface area contributed by atoms with Crippen molar-refractivity contribution in [1.29, 1.82) is 0 Å². The molecule has 0 radical (unpaired) electrons. The Kier molecular flexibility index (Phi) is 6.20. The molecule has 1 amide bonds. The molecule has 0 fully saturated rings. The molecule has 0 spiro atoms. The summed E-state index contributed by atoms with van der Waals surface area (Å²) in [7, 11) is 1.59. The van der Waals surface area contributed by atoms with Gasteiger partial charge < -0.3 is 4.74 Å². The number of ether oxygens (including phenoxy) is 1. The highest BCUT2D eigenvalue weighted by Crippen LogP contribution is 2.49. The number of halogens is 2. The zero-order chi connectivity index (χ0) is 23.8. The van der Waals surface area contributed by atoms with E-state index in [2.05, 4.69) is 0 Å². The molecule has 2 unspecified atom stereocenters. The second-order valence-corrected chi connectivity index (χ2v) is 9.44. The number of hydrogen-bond acceptors (Lipinski definition) is 3. The Balaban J connectivity index is 1.69. The summed E-state index contributed by atoms with van der Waals surface area (Å²) < 4.78 is 5.39. The quantitative estimate of drug-likeness (QED) is 0.397. The Morgan fingerprint density at radius 1 is 0.853 bits per heavy atom. The third-order valence-corrected chi connectivity index (χ3v) is 7.32. The maximum Gasteiger partial charge on any atom is 0.232 e. The first-order valence-electron chi connectivity index (χ1n) is 11.2. The van der Waals surface area contributed by atoms with Crippen molar-refractivity contribution in [1.82, 2.24) is 0 Å². The summed E-state index contributed by atoms with van der Waals surface area (Å²) in [6.45, 7) is 0. The van der Waals surface area contributed by atoms with Crippen LogP contribution < -0.4 is 9.64 Å². The molecule has 2 aliphatic rings. The molecule has 0 saturated heterocycles. The highest BCUT2D eigenvalue weighted by atomic mass is 35.5. The van der Waals surface area contributed by atoms with E-state index in [1.165, 1.54) is 0 Å². The molecule has 1 aliphatic heterocycles. The average molecular weight is 492 g/mol. The predicted octanol–water partition coefficient (Wildman–Crippen LogP) is 6.92. The molecule has 3 aromatic carbocycles. The van der Waals surface area contributed by atoms with Crippen LogP contribution >= 0.6 is 23.2 Å². The summed E-state index contributed by atoms with van der Waals surface area (Å²) in [6, 6.07) is 22.6. The van der Waals surface area contributed by atoms with Crippen LogP contribution in [0.4, 0.5) is 5.69 Å². The maximum absolute atomic E-state index is 13.7. The Bertz CT molecular complexity index is 1280. The number of Topliss-reactive ketones (excluding diaryl/α,β-unsaturated/α-hetero) is 1. The summed E-state index contributed by atoms with van der Waals surface area (Å²) in [5, 5.41) is 0.926. The number of carbonyl (C=O) groups is 2. The standard InChI is InChI=1S/C28H23Cl2NO3/c1-34-20-10-5-9-19(15-20)31-24-13-18(17-7-3-2-4-8-17)14-25(32)28(24)21(16-26(31)33)27-22(29)11-6-12-23(27)30/h2-12,15,18,21H,13-14,16H2,1H3. The number of anilines is 1. The minimum absolute atomic E-state index is 0.0196. The second kappa shape index (κ2) is 9.28. The SMILES string of the molecule is COc1cccc(N2C(=O)CC(c3c(Cl)cccc3Cl)C3=C2CC(c2ccccc2)CC3=O)c1. The fourth-order valence-corrected chi connectivity index (χ4v) is 5.80. The van der Waals surface area contributed by atoms with Crippen molar-refractivity contribution in [3.63, 3.8) is 0 Å². The molecule has 1 aliphatic carbocycles. The molecule has 34 heavy (non-hydrogen) atoms. The predicted molar refractivity (Wildman–Crippen MR) is 135 cm³/mol. The van der Waals surface area contributed by atoms with E-state index in [0.717, 1.165) is 11.3 Å². The summed E-state index contributed by atoms with van der Waals surface area (Å²) in [6.07, 6.45) is 1.05. The minimum atomic E-state index is -0.477. The molecule has 5 rings (SSSR count). The third-order valence-electron chi connectivity index (χ3n) is 6.66. The van der Waals surface area contributed by atoms with Crippen LogP contribution in [-0.4, -0.2) is 18.8 Å². The summed E-state index contributed by atoms with van der Waals surface area (Å²) in [5.41, 5.74) is 3.75. The molecule has 0 aromatic heterocycles. The first-order valence-corrected chi connectivity index (χ1v) is 12.0. The normalized spacial score (nSPS) is 20.4. The number of nitrogens with zero attached hydrogens (tertiary/aromatic N) is 1. The monoisotopic (exact) mass is 491 g/mol. The number of carbonyl (C=O) groups excluding carboxylic acids is 2. The van der Waals surface area contributed by atoms with Crippen molar-refractivity contribution in [2.75, 3.05) is 12.0 Å². The summed E-state index contributed by atoms with van der Waals surface area (Å²) in [4.78, 5) is 29.1. The van der Waals surface area contributed by atoms with Crippen LogP contribution in [0.1, 0.15) is 42.2 Å². The molecule has 1 heterocycles. The zero-order valence-electron chi connectivity index (χ0n) is 18.6. The summed E-state index contributed by atoms with van der Waals surface area (Å²) in [5.74, 6) is 0.0695. The zero-order valence-corrected chi connectivity index (χ0v) is 20.1. The van der Waals surface area contributed by atoms with Crippen LogP contribution in [0, 0.1) is 0 Å². The highest BCUT2D eigenvalue weighted by molar-refractivity contribution is 6.36. The van der Waals surface area contributed by atoms with Gasteiger partial charge >= 0.3 is 0 Å². The van der Waals surface area contributed by atoms with E-state index in [4.69, 9.17) is 27.9 Å². The first kappa shape index (κ1) is 22.7. The topological polar surface area (TPSA) is 46.6 Å². The highest BCUT2D eigenvalue weighted by Gasteiger charge is 2.43. The van der Waals surface area contributed by atoms with Crippen LogP contribution in [0.3, 0.4) is 0 Å². The van der Waals surface area contributed by atoms with Crippen LogP contribution in [0.2, 0.25) is 10.0 Å². The van der Waals surface area contributed by atoms with E-state index in [1.54, 1.807) is 30.2 Å². The first-order chi connectivity index (χ1) is 16.5. The Labute approximate surface area is 208 Å². The Morgan fingerprint density at radius 3 is 2.26 bits per heavy atom. The van der Waals surface area contributed by atoms with Gasteiger partial charge in [0.25, 0.3) is 0 Å². The van der Waals surface area contributed by atoms with Crippen LogP contribution in [0.15, 0.2) is 84.1 Å². The number of benzene rings is 3. The van der Waals surface area contributed by atoms with E-state index < -0.39 is 5.92 Å². The second-order valence-electron chi connectivity index (χ2n) is 8.62. The largest absolute Gasteiger partial charge is 0.497 e. The van der Waals surface area contributed by atoms with Gasteiger partial charge in [-0.3, -0.25) is 14.5 Å². The molecule has 4 nitrogen and oxygen atoms in total. The van der Waals surface area contributed by atoms with E-state index in [9.17, 15) is 9.59 Å². The van der Waals surface area contributed by atoms with Crippen molar-refractivity contribution in [2.45, 2.75) is 31.1 Å². The molecule has 0 N–H and O–H groups in total. The lowest BCUT2D eigenvalue weighted by molar-refractivity contribution is -0.120. The van der Waals surface area contributed by atoms with Gasteiger partial charge in [0.1, 0.15) is 5.75 Å². The average Bonchev–Trinajstić information content (AvgIpc) is 2.84. The van der Waals surface area contributed by atoms with Gasteiger partial charge in [-0.2, -0.15) is 0 Å². The molecule has 172 valence electrons. The summed E-state index contributed by atoms with van der Waals surface area (Å²) >= 11 is 13.1. The van der Waals surface area contributed by atoms with Gasteiger partial charge in [-0.25, -0.2) is 0 Å².